The first kappa shape index (κ1) is 26.4. The number of aliphatic imine (C=N–C) groups is 1. The second kappa shape index (κ2) is 11.6. The van der Waals surface area contributed by atoms with E-state index in [1.54, 1.807) is 12.3 Å². The Balaban J connectivity index is 1.78. The highest BCUT2D eigenvalue weighted by atomic mass is 79.9. The molecule has 1 unspecified atom stereocenters. The van der Waals surface area contributed by atoms with Crippen molar-refractivity contribution in [2.24, 2.45) is 4.99 Å². The van der Waals surface area contributed by atoms with Gasteiger partial charge in [0.1, 0.15) is 11.9 Å². The lowest BCUT2D eigenvalue weighted by Gasteiger charge is -2.41. The predicted molar refractivity (Wildman–Crippen MR) is 135 cm³/mol. The molecular formula is C24H26BrFN4O5S. The van der Waals surface area contributed by atoms with Crippen LogP contribution >= 0.6 is 27.3 Å². The highest BCUT2D eigenvalue weighted by Gasteiger charge is 2.37. The summed E-state index contributed by atoms with van der Waals surface area (Å²) in [5.41, 5.74) is 1.46. The van der Waals surface area contributed by atoms with Crippen molar-refractivity contribution in [3.8, 4) is 0 Å². The minimum atomic E-state index is -0.877. The van der Waals surface area contributed by atoms with E-state index in [0.717, 1.165) is 0 Å². The normalized spacial score (nSPS) is 22.7. The van der Waals surface area contributed by atoms with Crippen LogP contribution in [0.5, 0.6) is 0 Å². The molecule has 0 radical (unpaired) electrons. The van der Waals surface area contributed by atoms with Gasteiger partial charge in [-0.25, -0.2) is 14.2 Å². The van der Waals surface area contributed by atoms with Crippen LogP contribution in [0.2, 0.25) is 0 Å². The number of carboxylic acid groups (broad SMARTS) is 1. The Hall–Kier alpha value is -2.67. The Kier molecular flexibility index (Phi) is 8.50. The number of morpholine rings is 1. The molecule has 36 heavy (non-hydrogen) atoms. The van der Waals surface area contributed by atoms with Gasteiger partial charge in [-0.05, 0) is 31.0 Å². The molecule has 0 bridgehead atoms. The third kappa shape index (κ3) is 5.83. The lowest BCUT2D eigenvalue weighted by Crippen LogP contribution is -2.52. The fraction of sp³-hybridized carbons (Fsp3) is 0.417. The van der Waals surface area contributed by atoms with Crippen LogP contribution in [0.4, 0.5) is 4.39 Å². The van der Waals surface area contributed by atoms with Crippen LogP contribution in [-0.2, 0) is 19.1 Å². The maximum absolute atomic E-state index is 13.9. The number of nitrogens with one attached hydrogen (secondary N) is 1. The third-order valence-electron chi connectivity index (χ3n) is 6.21. The van der Waals surface area contributed by atoms with E-state index in [9.17, 15) is 19.1 Å². The molecule has 2 aliphatic rings. The average molecular weight is 581 g/mol. The number of methoxy groups -OCH3 is 1. The zero-order valence-corrected chi connectivity index (χ0v) is 22.1. The van der Waals surface area contributed by atoms with Crippen LogP contribution in [-0.4, -0.2) is 71.7 Å². The lowest BCUT2D eigenvalue weighted by molar-refractivity contribution is -0.138. The van der Waals surface area contributed by atoms with E-state index < -0.39 is 23.8 Å². The average Bonchev–Trinajstić information content (AvgIpc) is 3.38. The molecule has 0 saturated carbocycles. The van der Waals surface area contributed by atoms with Gasteiger partial charge in [-0.3, -0.25) is 14.7 Å². The molecule has 0 spiro atoms. The number of amidine groups is 1. The summed E-state index contributed by atoms with van der Waals surface area (Å²) < 4.78 is 25.3. The van der Waals surface area contributed by atoms with Crippen molar-refractivity contribution in [3.63, 3.8) is 0 Å². The van der Waals surface area contributed by atoms with Gasteiger partial charge in [0.25, 0.3) is 0 Å². The van der Waals surface area contributed by atoms with Crippen molar-refractivity contribution in [2.75, 3.05) is 26.8 Å². The number of carbonyl (C=O) groups is 2. The molecule has 9 nitrogen and oxygen atoms in total. The molecule has 192 valence electrons. The fourth-order valence-electron chi connectivity index (χ4n) is 4.49. The molecule has 0 amide bonds. The van der Waals surface area contributed by atoms with Crippen LogP contribution in [0.15, 0.2) is 50.5 Å². The van der Waals surface area contributed by atoms with Gasteiger partial charge >= 0.3 is 11.9 Å². The number of ether oxygens (including phenoxy) is 2. The molecule has 3 heterocycles. The maximum Gasteiger partial charge on any atom is 0.338 e. The standard InChI is InChI=1S/C24H26BrFN4O5S/c1-13-18(5-6-19(31)32)30(8-9-35-13)12-17-20(24(33)34-2)21(15-4-3-14(26)11-16(15)25)29-22(28-17)23-27-7-10-36-23/h3-4,7,10-11,13,18,21H,5-6,8-9,12H2,1-2H3,(H,28,29)(H,31,32)/t13-,18-,21?/m0/s1. The largest absolute Gasteiger partial charge is 0.481 e. The molecule has 2 N–H and O–H groups in total. The van der Waals surface area contributed by atoms with Crippen LogP contribution in [0.1, 0.15) is 36.4 Å². The number of esters is 1. The summed E-state index contributed by atoms with van der Waals surface area (Å²) >= 11 is 4.82. The number of thiazole rings is 1. The van der Waals surface area contributed by atoms with Gasteiger partial charge in [-0.15, -0.1) is 11.3 Å². The monoisotopic (exact) mass is 580 g/mol. The summed E-state index contributed by atoms with van der Waals surface area (Å²) in [7, 11) is 1.30. The number of rotatable bonds is 8. The predicted octanol–water partition coefficient (Wildman–Crippen LogP) is 3.52. The number of hydrogen-bond acceptors (Lipinski definition) is 9. The first-order valence-electron chi connectivity index (χ1n) is 11.4. The minimum Gasteiger partial charge on any atom is -0.481 e. The second-order valence-electron chi connectivity index (χ2n) is 8.44. The van der Waals surface area contributed by atoms with Crippen molar-refractivity contribution in [1.29, 1.82) is 0 Å². The summed E-state index contributed by atoms with van der Waals surface area (Å²) in [6.07, 6.45) is 1.88. The SMILES string of the molecule is COC(=O)C1=C(CN2CCO[C@@H](C)[C@@H]2CCC(=O)O)NC(c2nccs2)=NC1c1ccc(F)cc1Br. The number of hydrogen-bond donors (Lipinski definition) is 2. The summed E-state index contributed by atoms with van der Waals surface area (Å²) in [4.78, 5) is 35.7. The molecular weight excluding hydrogens is 555 g/mol. The van der Waals surface area contributed by atoms with Gasteiger partial charge in [0.05, 0.1) is 25.4 Å². The first-order chi connectivity index (χ1) is 17.3. The number of aromatic nitrogens is 1. The van der Waals surface area contributed by atoms with E-state index in [4.69, 9.17) is 14.5 Å². The zero-order chi connectivity index (χ0) is 25.8. The molecule has 2 aliphatic heterocycles. The molecule has 1 saturated heterocycles. The highest BCUT2D eigenvalue weighted by Crippen LogP contribution is 2.37. The number of carbonyl (C=O) groups excluding carboxylic acids is 1. The van der Waals surface area contributed by atoms with E-state index in [2.05, 4.69) is 31.1 Å². The molecule has 0 aliphatic carbocycles. The van der Waals surface area contributed by atoms with Crippen LogP contribution in [0.25, 0.3) is 0 Å². The van der Waals surface area contributed by atoms with E-state index in [0.29, 0.717) is 58.3 Å². The fourth-order valence-corrected chi connectivity index (χ4v) is 5.64. The van der Waals surface area contributed by atoms with E-state index in [-0.39, 0.29) is 18.6 Å². The Morgan fingerprint density at radius 3 is 2.89 bits per heavy atom. The first-order valence-corrected chi connectivity index (χ1v) is 13.0. The molecule has 4 rings (SSSR count). The number of carboxylic acids is 1. The number of benzene rings is 1. The van der Waals surface area contributed by atoms with Crippen molar-refractivity contribution in [3.05, 3.63) is 61.9 Å². The van der Waals surface area contributed by atoms with Crippen molar-refractivity contribution < 1.29 is 28.6 Å². The number of aliphatic carboxylic acids is 1. The molecule has 2 aromatic rings. The molecule has 1 aromatic heterocycles. The van der Waals surface area contributed by atoms with Gasteiger partial charge in [0.2, 0.25) is 0 Å². The van der Waals surface area contributed by atoms with E-state index >= 15 is 0 Å². The molecule has 12 heteroatoms. The maximum atomic E-state index is 13.9. The smallest absolute Gasteiger partial charge is 0.338 e. The Morgan fingerprint density at radius 1 is 1.42 bits per heavy atom. The van der Waals surface area contributed by atoms with Gasteiger partial charge in [0, 0.05) is 47.3 Å². The lowest BCUT2D eigenvalue weighted by atomic mass is 9.94. The van der Waals surface area contributed by atoms with Crippen molar-refractivity contribution in [1.82, 2.24) is 15.2 Å². The van der Waals surface area contributed by atoms with E-state index in [1.807, 2.05) is 12.3 Å². The zero-order valence-electron chi connectivity index (χ0n) is 19.7. The van der Waals surface area contributed by atoms with Crippen molar-refractivity contribution in [2.45, 2.75) is 38.0 Å². The third-order valence-corrected chi connectivity index (χ3v) is 7.68. The Labute approximate surface area is 220 Å². The second-order valence-corrected chi connectivity index (χ2v) is 10.2. The summed E-state index contributed by atoms with van der Waals surface area (Å²) in [6, 6.07) is 3.29. The van der Waals surface area contributed by atoms with E-state index in [1.165, 1.54) is 30.6 Å². The highest BCUT2D eigenvalue weighted by molar-refractivity contribution is 9.10. The van der Waals surface area contributed by atoms with Crippen molar-refractivity contribution >= 4 is 45.0 Å². The quantitative estimate of drug-likeness (QED) is 0.456. The summed E-state index contributed by atoms with van der Waals surface area (Å²) in [6.45, 7) is 3.26. The van der Waals surface area contributed by atoms with Crippen LogP contribution in [0, 0.1) is 5.82 Å². The van der Waals surface area contributed by atoms with Gasteiger partial charge in [-0.2, -0.15) is 0 Å². The Morgan fingerprint density at radius 2 is 2.22 bits per heavy atom. The molecule has 1 aromatic carbocycles. The summed E-state index contributed by atoms with van der Waals surface area (Å²) in [5, 5.41) is 15.0. The molecule has 3 atom stereocenters. The number of halogens is 2. The van der Waals surface area contributed by atoms with Crippen LogP contribution in [0.3, 0.4) is 0 Å². The Bertz CT molecular complexity index is 1190. The van der Waals surface area contributed by atoms with Gasteiger partial charge < -0.3 is 19.9 Å². The van der Waals surface area contributed by atoms with Gasteiger partial charge in [0.15, 0.2) is 10.8 Å². The molecule has 1 fully saturated rings. The van der Waals surface area contributed by atoms with Crippen LogP contribution < -0.4 is 5.32 Å². The topological polar surface area (TPSA) is 113 Å². The summed E-state index contributed by atoms with van der Waals surface area (Å²) in [5.74, 6) is -1.38. The van der Waals surface area contributed by atoms with Gasteiger partial charge in [-0.1, -0.05) is 22.0 Å². The number of nitrogens with zero attached hydrogens (tertiary/aromatic N) is 3. The minimum absolute atomic E-state index is 0.00216.